The van der Waals surface area contributed by atoms with Crippen LogP contribution in [0.3, 0.4) is 0 Å². The van der Waals surface area contributed by atoms with Crippen molar-refractivity contribution in [3.8, 4) is 0 Å². The van der Waals surface area contributed by atoms with E-state index in [9.17, 15) is 4.79 Å². The third kappa shape index (κ3) is 2.42. The average molecular weight is 316 g/mol. The Morgan fingerprint density at radius 3 is 3.13 bits per heavy atom. The first-order chi connectivity index (χ1) is 11.1. The molecule has 1 fully saturated rings. The van der Waals surface area contributed by atoms with Crippen LogP contribution in [0.1, 0.15) is 35.1 Å². The Kier molecular flexibility index (Phi) is 3.41. The number of nitrogens with one attached hydrogen (secondary N) is 1. The molecule has 122 valence electrons. The van der Waals surface area contributed by atoms with Crippen LogP contribution in [-0.4, -0.2) is 55.2 Å². The molecule has 2 aromatic heterocycles. The smallest absolute Gasteiger partial charge is 0.227 e. The fourth-order valence-electron chi connectivity index (χ4n) is 3.51. The number of carbonyl (C=O) groups excluding carboxylic acids is 1. The SMILES string of the molecule is Cc1n[nH]c(C)c1CC(=O)N1CC[C@H]2[C@H](C1)OCc1cnnn12. The normalized spacial score (nSPS) is 23.5. The number of rotatable bonds is 2. The first-order valence-electron chi connectivity index (χ1n) is 7.92. The van der Waals surface area contributed by atoms with Crippen molar-refractivity contribution in [3.63, 3.8) is 0 Å². The highest BCUT2D eigenvalue weighted by molar-refractivity contribution is 5.79. The zero-order chi connectivity index (χ0) is 16.0. The molecule has 23 heavy (non-hydrogen) atoms. The van der Waals surface area contributed by atoms with Crippen molar-refractivity contribution in [2.24, 2.45) is 0 Å². The number of fused-ring (bicyclic) bond motifs is 3. The van der Waals surface area contributed by atoms with Gasteiger partial charge in [0.05, 0.1) is 42.8 Å². The van der Waals surface area contributed by atoms with Gasteiger partial charge in [0.15, 0.2) is 0 Å². The van der Waals surface area contributed by atoms with E-state index in [-0.39, 0.29) is 18.1 Å². The third-order valence-electron chi connectivity index (χ3n) is 4.89. The number of hydrogen-bond donors (Lipinski definition) is 1. The monoisotopic (exact) mass is 316 g/mol. The van der Waals surface area contributed by atoms with Crippen molar-refractivity contribution in [1.82, 2.24) is 30.1 Å². The second-order valence-corrected chi connectivity index (χ2v) is 6.30. The number of H-pyrrole nitrogens is 1. The molecule has 1 N–H and O–H groups in total. The van der Waals surface area contributed by atoms with Crippen LogP contribution in [0.25, 0.3) is 0 Å². The number of piperidine rings is 1. The molecule has 2 aromatic rings. The van der Waals surface area contributed by atoms with E-state index in [4.69, 9.17) is 4.74 Å². The van der Waals surface area contributed by atoms with E-state index < -0.39 is 0 Å². The molecule has 0 spiro atoms. The molecule has 0 saturated carbocycles. The van der Waals surface area contributed by atoms with Gasteiger partial charge in [-0.2, -0.15) is 5.10 Å². The van der Waals surface area contributed by atoms with Gasteiger partial charge in [-0.1, -0.05) is 5.21 Å². The Morgan fingerprint density at radius 2 is 2.35 bits per heavy atom. The molecule has 0 unspecified atom stereocenters. The van der Waals surface area contributed by atoms with Crippen molar-refractivity contribution in [3.05, 3.63) is 28.8 Å². The molecule has 0 radical (unpaired) electrons. The zero-order valence-corrected chi connectivity index (χ0v) is 13.3. The molecule has 8 nitrogen and oxygen atoms in total. The van der Waals surface area contributed by atoms with Gasteiger partial charge in [-0.05, 0) is 20.3 Å². The number of aromatic nitrogens is 5. The van der Waals surface area contributed by atoms with E-state index in [1.807, 2.05) is 23.4 Å². The topological polar surface area (TPSA) is 88.9 Å². The molecular formula is C15H20N6O2. The van der Waals surface area contributed by atoms with E-state index in [0.29, 0.717) is 19.6 Å². The number of nitrogens with zero attached hydrogens (tertiary/aromatic N) is 5. The van der Waals surface area contributed by atoms with Gasteiger partial charge in [-0.15, -0.1) is 5.10 Å². The first-order valence-corrected chi connectivity index (χ1v) is 7.92. The quantitative estimate of drug-likeness (QED) is 0.873. The molecule has 0 bridgehead atoms. The second kappa shape index (κ2) is 5.45. The van der Waals surface area contributed by atoms with Gasteiger partial charge >= 0.3 is 0 Å². The van der Waals surface area contributed by atoms with Crippen LogP contribution in [0.15, 0.2) is 6.20 Å². The summed E-state index contributed by atoms with van der Waals surface area (Å²) < 4.78 is 7.88. The summed E-state index contributed by atoms with van der Waals surface area (Å²) in [4.78, 5) is 14.5. The summed E-state index contributed by atoms with van der Waals surface area (Å²) in [6.07, 6.45) is 2.97. The maximum Gasteiger partial charge on any atom is 0.227 e. The molecule has 4 rings (SSSR count). The predicted octanol–water partition coefficient (Wildman–Crippen LogP) is 0.533. The molecule has 2 aliphatic heterocycles. The Labute approximate surface area is 133 Å². The number of ether oxygens (including phenoxy) is 1. The first kappa shape index (κ1) is 14.4. The predicted molar refractivity (Wildman–Crippen MR) is 80.6 cm³/mol. The number of aryl methyl sites for hydroxylation is 2. The maximum atomic E-state index is 12.6. The Hall–Kier alpha value is -2.22. The molecule has 4 heterocycles. The van der Waals surface area contributed by atoms with Gasteiger partial charge < -0.3 is 9.64 Å². The van der Waals surface area contributed by atoms with E-state index in [1.54, 1.807) is 6.20 Å². The van der Waals surface area contributed by atoms with Crippen molar-refractivity contribution in [1.29, 1.82) is 0 Å². The third-order valence-corrected chi connectivity index (χ3v) is 4.89. The summed E-state index contributed by atoms with van der Waals surface area (Å²) in [5, 5.41) is 15.2. The van der Waals surface area contributed by atoms with Crippen LogP contribution in [0, 0.1) is 13.8 Å². The lowest BCUT2D eigenvalue weighted by atomic mass is 9.99. The number of hydrogen-bond acceptors (Lipinski definition) is 5. The zero-order valence-electron chi connectivity index (χ0n) is 13.3. The Bertz CT molecular complexity index is 717. The van der Waals surface area contributed by atoms with E-state index in [2.05, 4.69) is 20.5 Å². The molecule has 8 heteroatoms. The summed E-state index contributed by atoms with van der Waals surface area (Å²) in [6, 6.07) is 0.183. The number of aromatic amines is 1. The van der Waals surface area contributed by atoms with Crippen LogP contribution in [0.2, 0.25) is 0 Å². The van der Waals surface area contributed by atoms with E-state index >= 15 is 0 Å². The minimum Gasteiger partial charge on any atom is -0.368 e. The van der Waals surface area contributed by atoms with Gasteiger partial charge in [-0.25, -0.2) is 4.68 Å². The van der Waals surface area contributed by atoms with Crippen molar-refractivity contribution < 1.29 is 9.53 Å². The summed E-state index contributed by atoms with van der Waals surface area (Å²) in [6.45, 7) is 5.72. The van der Waals surface area contributed by atoms with E-state index in [1.165, 1.54) is 0 Å². The standard InChI is InChI=1S/C15H20N6O2/c1-9-12(10(2)18-17-9)5-15(22)20-4-3-13-14(7-20)23-8-11-6-16-19-21(11)13/h6,13-14H,3-5,7-8H2,1-2H3,(H,17,18)/t13-,14-/m0/s1. The van der Waals surface area contributed by atoms with Gasteiger partial charge in [-0.3, -0.25) is 9.89 Å². The van der Waals surface area contributed by atoms with Crippen molar-refractivity contribution in [2.75, 3.05) is 13.1 Å². The second-order valence-electron chi connectivity index (χ2n) is 6.30. The van der Waals surface area contributed by atoms with Crippen LogP contribution >= 0.6 is 0 Å². The Balaban J connectivity index is 1.46. The Morgan fingerprint density at radius 1 is 1.48 bits per heavy atom. The molecule has 2 atom stereocenters. The van der Waals surface area contributed by atoms with Crippen molar-refractivity contribution >= 4 is 5.91 Å². The summed E-state index contributed by atoms with van der Waals surface area (Å²) in [5.41, 5.74) is 3.87. The number of likely N-dealkylation sites (tertiary alicyclic amines) is 1. The highest BCUT2D eigenvalue weighted by atomic mass is 16.5. The van der Waals surface area contributed by atoms with Crippen LogP contribution < -0.4 is 0 Å². The molecule has 0 aliphatic carbocycles. The minimum absolute atomic E-state index is 0.00607. The summed E-state index contributed by atoms with van der Waals surface area (Å²) in [7, 11) is 0. The highest BCUT2D eigenvalue weighted by Gasteiger charge is 2.37. The van der Waals surface area contributed by atoms with Gasteiger partial charge in [0.2, 0.25) is 5.91 Å². The molecular weight excluding hydrogens is 296 g/mol. The molecule has 1 saturated heterocycles. The molecule has 1 amide bonds. The highest BCUT2D eigenvalue weighted by Crippen LogP contribution is 2.30. The van der Waals surface area contributed by atoms with Crippen LogP contribution in [0.4, 0.5) is 0 Å². The lowest BCUT2D eigenvalue weighted by molar-refractivity contribution is -0.138. The average Bonchev–Trinajstić information content (AvgIpc) is 3.16. The van der Waals surface area contributed by atoms with Gasteiger partial charge in [0.25, 0.3) is 0 Å². The lowest BCUT2D eigenvalue weighted by Gasteiger charge is -2.41. The van der Waals surface area contributed by atoms with Crippen LogP contribution in [-0.2, 0) is 22.6 Å². The largest absolute Gasteiger partial charge is 0.368 e. The fourth-order valence-corrected chi connectivity index (χ4v) is 3.51. The summed E-state index contributed by atoms with van der Waals surface area (Å²) in [5.74, 6) is 0.129. The minimum atomic E-state index is -0.00607. The van der Waals surface area contributed by atoms with E-state index in [0.717, 1.165) is 35.6 Å². The number of amides is 1. The fraction of sp³-hybridized carbons (Fsp3) is 0.600. The molecule has 0 aromatic carbocycles. The number of carbonyl (C=O) groups is 1. The van der Waals surface area contributed by atoms with Gasteiger partial charge in [0.1, 0.15) is 0 Å². The van der Waals surface area contributed by atoms with Crippen LogP contribution in [0.5, 0.6) is 0 Å². The van der Waals surface area contributed by atoms with Crippen molar-refractivity contribution in [2.45, 2.75) is 45.4 Å². The van der Waals surface area contributed by atoms with Gasteiger partial charge in [0, 0.05) is 24.3 Å². The molecule has 2 aliphatic rings. The maximum absolute atomic E-state index is 12.6. The lowest BCUT2D eigenvalue weighted by Crippen LogP contribution is -2.50. The summed E-state index contributed by atoms with van der Waals surface area (Å²) >= 11 is 0.